The van der Waals surface area contributed by atoms with Gasteiger partial charge in [-0.15, -0.1) is 0 Å². The van der Waals surface area contributed by atoms with E-state index in [1.807, 2.05) is 6.92 Å². The fourth-order valence-electron chi connectivity index (χ4n) is 1.53. The van der Waals surface area contributed by atoms with E-state index < -0.39 is 13.7 Å². The summed E-state index contributed by atoms with van der Waals surface area (Å²) in [6, 6.07) is 0. The van der Waals surface area contributed by atoms with Gasteiger partial charge in [0.2, 0.25) is 0 Å². The number of rotatable bonds is 7. The smallest absolute Gasteiger partial charge is 0.332 e. The molecule has 0 aliphatic rings. The van der Waals surface area contributed by atoms with E-state index in [1.54, 1.807) is 0 Å². The Balaban J connectivity index is 4.22. The van der Waals surface area contributed by atoms with E-state index in [0.717, 1.165) is 6.42 Å². The van der Waals surface area contributed by atoms with Gasteiger partial charge in [0.05, 0.1) is 12.3 Å². The van der Waals surface area contributed by atoms with Crippen LogP contribution in [0.1, 0.15) is 27.2 Å². The third kappa shape index (κ3) is 5.67. The molecule has 0 aromatic rings. The minimum atomic E-state index is -3.08. The Morgan fingerprint density at radius 3 is 2.00 bits per heavy atom. The molecular formula is C10H23O4P. The minimum absolute atomic E-state index is 0.0634. The van der Waals surface area contributed by atoms with E-state index in [-0.39, 0.29) is 12.1 Å². The zero-order valence-electron chi connectivity index (χ0n) is 10.3. The first-order chi connectivity index (χ1) is 6.84. The molecule has 5 heteroatoms. The van der Waals surface area contributed by atoms with Crippen LogP contribution in [0.4, 0.5) is 0 Å². The van der Waals surface area contributed by atoms with Gasteiger partial charge >= 0.3 is 7.60 Å². The van der Waals surface area contributed by atoms with Crippen LogP contribution in [0.2, 0.25) is 0 Å². The molecule has 0 bridgehead atoms. The molecule has 0 saturated heterocycles. The highest BCUT2D eigenvalue weighted by molar-refractivity contribution is 7.53. The molecule has 1 N–H and O–H groups in total. The lowest BCUT2D eigenvalue weighted by Crippen LogP contribution is -2.24. The standard InChI is InChI=1S/C10H23O4P/c1-8(2)6-9(3)10(11)7-15(12,13-4)14-5/h8-11H,6-7H2,1-5H3/t9-,10?/m0/s1. The first-order valence-corrected chi connectivity index (χ1v) is 6.96. The zero-order chi connectivity index (χ0) is 12.1. The van der Waals surface area contributed by atoms with Crippen LogP contribution >= 0.6 is 7.60 Å². The van der Waals surface area contributed by atoms with Gasteiger partial charge in [-0.05, 0) is 18.3 Å². The van der Waals surface area contributed by atoms with Crippen molar-refractivity contribution in [3.05, 3.63) is 0 Å². The third-order valence-electron chi connectivity index (χ3n) is 2.47. The average molecular weight is 238 g/mol. The lowest BCUT2D eigenvalue weighted by Gasteiger charge is -2.23. The van der Waals surface area contributed by atoms with Gasteiger partial charge in [-0.2, -0.15) is 0 Å². The van der Waals surface area contributed by atoms with E-state index in [9.17, 15) is 9.67 Å². The number of aliphatic hydroxyl groups is 1. The predicted molar refractivity (Wildman–Crippen MR) is 61.1 cm³/mol. The van der Waals surface area contributed by atoms with Crippen LogP contribution in [-0.4, -0.2) is 31.6 Å². The summed E-state index contributed by atoms with van der Waals surface area (Å²) in [6.07, 6.45) is 0.320. The fraction of sp³-hybridized carbons (Fsp3) is 1.00. The van der Waals surface area contributed by atoms with Gasteiger partial charge in [-0.1, -0.05) is 20.8 Å². The van der Waals surface area contributed by atoms with Crippen LogP contribution in [0, 0.1) is 11.8 Å². The molecule has 0 aliphatic heterocycles. The van der Waals surface area contributed by atoms with Crippen LogP contribution in [0.3, 0.4) is 0 Å². The Morgan fingerprint density at radius 2 is 1.67 bits per heavy atom. The molecule has 1 unspecified atom stereocenters. The second-order valence-electron chi connectivity index (χ2n) is 4.33. The zero-order valence-corrected chi connectivity index (χ0v) is 11.2. The summed E-state index contributed by atoms with van der Waals surface area (Å²) >= 11 is 0. The van der Waals surface area contributed by atoms with Crippen molar-refractivity contribution in [2.24, 2.45) is 11.8 Å². The molecule has 2 atom stereocenters. The highest BCUT2D eigenvalue weighted by Gasteiger charge is 2.28. The van der Waals surface area contributed by atoms with Crippen LogP contribution in [0.25, 0.3) is 0 Å². The van der Waals surface area contributed by atoms with Crippen LogP contribution in [-0.2, 0) is 13.6 Å². The molecule has 0 rings (SSSR count). The maximum Gasteiger partial charge on any atom is 0.332 e. The van der Waals surface area contributed by atoms with Crippen molar-refractivity contribution in [3.8, 4) is 0 Å². The van der Waals surface area contributed by atoms with Crippen molar-refractivity contribution < 1.29 is 18.7 Å². The monoisotopic (exact) mass is 238 g/mol. The number of hydrogen-bond donors (Lipinski definition) is 1. The van der Waals surface area contributed by atoms with E-state index in [4.69, 9.17) is 9.05 Å². The van der Waals surface area contributed by atoms with E-state index >= 15 is 0 Å². The van der Waals surface area contributed by atoms with E-state index in [1.165, 1.54) is 14.2 Å². The van der Waals surface area contributed by atoms with Crippen molar-refractivity contribution in [2.45, 2.75) is 33.3 Å². The van der Waals surface area contributed by atoms with Gasteiger partial charge in [0.1, 0.15) is 0 Å². The van der Waals surface area contributed by atoms with Crippen molar-refractivity contribution in [3.63, 3.8) is 0 Å². The van der Waals surface area contributed by atoms with Crippen LogP contribution in [0.15, 0.2) is 0 Å². The summed E-state index contributed by atoms with van der Waals surface area (Å²) in [5.74, 6) is 0.614. The molecule has 0 aliphatic carbocycles. The van der Waals surface area contributed by atoms with Crippen LogP contribution in [0.5, 0.6) is 0 Å². The molecule has 0 spiro atoms. The van der Waals surface area contributed by atoms with Gasteiger partial charge in [-0.3, -0.25) is 4.57 Å². The Kier molecular flexibility index (Phi) is 6.69. The molecule has 0 aromatic heterocycles. The van der Waals surface area contributed by atoms with Gasteiger partial charge in [-0.25, -0.2) is 0 Å². The van der Waals surface area contributed by atoms with Gasteiger partial charge in [0.25, 0.3) is 0 Å². The Hall–Kier alpha value is 0.110. The Labute approximate surface area is 92.5 Å². The highest BCUT2D eigenvalue weighted by Crippen LogP contribution is 2.47. The first kappa shape index (κ1) is 15.1. The van der Waals surface area contributed by atoms with Crippen molar-refractivity contribution in [2.75, 3.05) is 20.4 Å². The highest BCUT2D eigenvalue weighted by atomic mass is 31.2. The minimum Gasteiger partial charge on any atom is -0.392 e. The van der Waals surface area contributed by atoms with Gasteiger partial charge < -0.3 is 14.2 Å². The average Bonchev–Trinajstić information content (AvgIpc) is 2.16. The summed E-state index contributed by atoms with van der Waals surface area (Å²) in [4.78, 5) is 0. The van der Waals surface area contributed by atoms with Crippen LogP contribution < -0.4 is 0 Å². The SMILES string of the molecule is COP(=O)(CC(O)[C@@H](C)CC(C)C)OC. The van der Waals surface area contributed by atoms with Crippen molar-refractivity contribution in [1.82, 2.24) is 0 Å². The second kappa shape index (κ2) is 6.64. The molecule has 0 fully saturated rings. The van der Waals surface area contributed by atoms with Crippen molar-refractivity contribution in [1.29, 1.82) is 0 Å². The summed E-state index contributed by atoms with van der Waals surface area (Å²) in [5, 5.41) is 9.83. The summed E-state index contributed by atoms with van der Waals surface area (Å²) in [6.45, 7) is 6.13. The topological polar surface area (TPSA) is 55.8 Å². The Morgan fingerprint density at radius 1 is 1.20 bits per heavy atom. The molecule has 0 saturated carbocycles. The normalized spacial score (nSPS) is 16.7. The molecule has 0 aromatic carbocycles. The van der Waals surface area contributed by atoms with Crippen molar-refractivity contribution >= 4 is 7.60 Å². The quantitative estimate of drug-likeness (QED) is 0.692. The lowest BCUT2D eigenvalue weighted by atomic mass is 9.95. The molecule has 0 heterocycles. The maximum atomic E-state index is 11.7. The second-order valence-corrected chi connectivity index (χ2v) is 6.65. The summed E-state index contributed by atoms with van der Waals surface area (Å²) < 4.78 is 21.3. The molecule has 15 heavy (non-hydrogen) atoms. The molecule has 4 nitrogen and oxygen atoms in total. The first-order valence-electron chi connectivity index (χ1n) is 5.23. The fourth-order valence-corrected chi connectivity index (χ4v) is 2.80. The predicted octanol–water partition coefficient (Wildman–Crippen LogP) is 2.52. The van der Waals surface area contributed by atoms with Gasteiger partial charge in [0, 0.05) is 14.2 Å². The molecule has 92 valence electrons. The summed E-state index contributed by atoms with van der Waals surface area (Å²) in [7, 11) is -0.410. The largest absolute Gasteiger partial charge is 0.392 e. The number of hydrogen-bond acceptors (Lipinski definition) is 4. The van der Waals surface area contributed by atoms with E-state index in [2.05, 4.69) is 13.8 Å². The van der Waals surface area contributed by atoms with Gasteiger partial charge in [0.15, 0.2) is 0 Å². The van der Waals surface area contributed by atoms with E-state index in [0.29, 0.717) is 5.92 Å². The molecule has 0 radical (unpaired) electrons. The Bertz CT molecular complexity index is 209. The number of aliphatic hydroxyl groups excluding tert-OH is 1. The maximum absolute atomic E-state index is 11.7. The molecule has 0 amide bonds. The lowest BCUT2D eigenvalue weighted by molar-refractivity contribution is 0.116. The third-order valence-corrected chi connectivity index (χ3v) is 4.40. The molecular weight excluding hydrogens is 215 g/mol. The summed E-state index contributed by atoms with van der Waals surface area (Å²) in [5.41, 5.74) is 0.